The van der Waals surface area contributed by atoms with Gasteiger partial charge in [-0.15, -0.1) is 11.3 Å². The topological polar surface area (TPSA) is 75.1 Å². The van der Waals surface area contributed by atoms with Gasteiger partial charge in [-0.2, -0.15) is 0 Å². The largest absolute Gasteiger partial charge is 0.508 e. The van der Waals surface area contributed by atoms with E-state index in [1.807, 2.05) is 17.5 Å². The average Bonchev–Trinajstić information content (AvgIpc) is 3.29. The number of nitrogens with zero attached hydrogens (tertiary/aromatic N) is 2. The average molecular weight is 416 g/mol. The molecule has 0 bridgehead atoms. The molecule has 0 saturated carbocycles. The molecule has 6 heteroatoms. The summed E-state index contributed by atoms with van der Waals surface area (Å²) in [6.45, 7) is 0. The molecule has 3 aromatic rings. The van der Waals surface area contributed by atoms with Crippen LogP contribution in [0.25, 0.3) is 16.1 Å². The van der Waals surface area contributed by atoms with E-state index < -0.39 is 0 Å². The molecule has 2 aliphatic rings. The number of aromatic nitrogens is 2. The van der Waals surface area contributed by atoms with Gasteiger partial charge in [-0.1, -0.05) is 35.9 Å². The predicted molar refractivity (Wildman–Crippen MR) is 119 cm³/mol. The Kier molecular flexibility index (Phi) is 4.93. The van der Waals surface area contributed by atoms with Crippen molar-refractivity contribution < 1.29 is 9.90 Å². The third-order valence-electron chi connectivity index (χ3n) is 5.48. The van der Waals surface area contributed by atoms with Crippen LogP contribution in [0.15, 0.2) is 59.5 Å². The van der Waals surface area contributed by atoms with E-state index >= 15 is 0 Å². The van der Waals surface area contributed by atoms with Crippen LogP contribution < -0.4 is 5.32 Å². The summed E-state index contributed by atoms with van der Waals surface area (Å²) in [5.41, 5.74) is 6.11. The Balaban J connectivity index is 1.50. The van der Waals surface area contributed by atoms with E-state index in [2.05, 4.69) is 17.5 Å². The zero-order chi connectivity index (χ0) is 20.5. The standard InChI is InChI=1S/C24H21N3O2S/c28-17-10-7-15(8-11-17)14-21(29)26-24-23(20-6-3-13-30-20)27-22-18-5-2-1-4-16(18)9-12-19(22)25-24/h2-3,5-8,10-11,13,28H,1,4,9,12,14H2,(H,25,26,29). The molecule has 0 saturated heterocycles. The molecule has 2 aliphatic carbocycles. The van der Waals surface area contributed by atoms with Gasteiger partial charge in [0.1, 0.15) is 11.4 Å². The smallest absolute Gasteiger partial charge is 0.230 e. The van der Waals surface area contributed by atoms with E-state index in [0.29, 0.717) is 5.82 Å². The van der Waals surface area contributed by atoms with Crippen molar-refractivity contribution in [3.63, 3.8) is 0 Å². The highest BCUT2D eigenvalue weighted by atomic mass is 32.1. The van der Waals surface area contributed by atoms with Gasteiger partial charge >= 0.3 is 0 Å². The second kappa shape index (κ2) is 7.88. The molecule has 2 heterocycles. The fourth-order valence-electron chi connectivity index (χ4n) is 3.99. The molecule has 0 unspecified atom stereocenters. The number of hydrogen-bond donors (Lipinski definition) is 2. The molecule has 5 nitrogen and oxygen atoms in total. The number of anilines is 1. The maximum absolute atomic E-state index is 12.7. The normalized spacial score (nSPS) is 14.9. The molecular weight excluding hydrogens is 394 g/mol. The number of aryl methyl sites for hydroxylation is 1. The highest BCUT2D eigenvalue weighted by Crippen LogP contribution is 2.38. The molecule has 0 atom stereocenters. The van der Waals surface area contributed by atoms with Crippen molar-refractivity contribution in [3.8, 4) is 16.3 Å². The van der Waals surface area contributed by atoms with Crippen LogP contribution in [-0.2, 0) is 17.6 Å². The summed E-state index contributed by atoms with van der Waals surface area (Å²) in [5, 5.41) is 14.4. The number of nitrogens with one attached hydrogen (secondary N) is 1. The minimum atomic E-state index is -0.152. The molecule has 1 amide bonds. The van der Waals surface area contributed by atoms with Crippen molar-refractivity contribution in [2.24, 2.45) is 0 Å². The molecular formula is C24H21N3O2S. The maximum atomic E-state index is 12.7. The first-order valence-corrected chi connectivity index (χ1v) is 11.0. The highest BCUT2D eigenvalue weighted by molar-refractivity contribution is 7.13. The summed E-state index contributed by atoms with van der Waals surface area (Å²) >= 11 is 1.59. The number of carbonyl (C=O) groups excluding carboxylic acids is 1. The number of phenols is 1. The lowest BCUT2D eigenvalue weighted by atomic mass is 9.86. The van der Waals surface area contributed by atoms with Crippen LogP contribution in [0, 0.1) is 0 Å². The van der Waals surface area contributed by atoms with Crippen molar-refractivity contribution in [2.45, 2.75) is 32.1 Å². The molecule has 150 valence electrons. The van der Waals surface area contributed by atoms with Crippen LogP contribution in [0.5, 0.6) is 5.75 Å². The quantitative estimate of drug-likeness (QED) is 0.619. The Morgan fingerprint density at radius 3 is 2.73 bits per heavy atom. The first-order valence-electron chi connectivity index (χ1n) is 10.1. The summed E-state index contributed by atoms with van der Waals surface area (Å²) < 4.78 is 0. The number of rotatable bonds is 4. The van der Waals surface area contributed by atoms with Gasteiger partial charge in [-0.25, -0.2) is 9.97 Å². The van der Waals surface area contributed by atoms with Crippen molar-refractivity contribution in [1.82, 2.24) is 9.97 Å². The van der Waals surface area contributed by atoms with Gasteiger partial charge in [0.25, 0.3) is 0 Å². The number of fused-ring (bicyclic) bond motifs is 2. The molecule has 0 fully saturated rings. The number of amides is 1. The predicted octanol–water partition coefficient (Wildman–Crippen LogP) is 5.14. The monoisotopic (exact) mass is 415 g/mol. The van der Waals surface area contributed by atoms with E-state index in [1.165, 1.54) is 11.1 Å². The van der Waals surface area contributed by atoms with Crippen LogP contribution in [0.2, 0.25) is 0 Å². The van der Waals surface area contributed by atoms with Crippen LogP contribution in [0.1, 0.15) is 36.2 Å². The van der Waals surface area contributed by atoms with E-state index in [9.17, 15) is 9.90 Å². The van der Waals surface area contributed by atoms with Gasteiger partial charge in [0.05, 0.1) is 22.7 Å². The number of hydrogen-bond acceptors (Lipinski definition) is 5. The van der Waals surface area contributed by atoms with Crippen LogP contribution in [0.3, 0.4) is 0 Å². The first-order chi connectivity index (χ1) is 14.7. The Morgan fingerprint density at radius 2 is 1.93 bits per heavy atom. The van der Waals surface area contributed by atoms with Gasteiger partial charge in [0.15, 0.2) is 5.82 Å². The van der Waals surface area contributed by atoms with Gasteiger partial charge in [-0.05, 0) is 54.8 Å². The van der Waals surface area contributed by atoms with Crippen LogP contribution >= 0.6 is 11.3 Å². The van der Waals surface area contributed by atoms with E-state index in [-0.39, 0.29) is 18.1 Å². The summed E-state index contributed by atoms with van der Waals surface area (Å²) in [6.07, 6.45) is 8.61. The SMILES string of the molecule is O=C(Cc1ccc(O)cc1)Nc1nc2c(nc1-c1cccs1)C1=C(CCC=C1)CC2. The summed E-state index contributed by atoms with van der Waals surface area (Å²) in [5.74, 6) is 0.551. The Hall–Kier alpha value is -3.25. The third kappa shape index (κ3) is 3.66. The zero-order valence-corrected chi connectivity index (χ0v) is 17.2. The number of carbonyl (C=O) groups is 1. The molecule has 2 aromatic heterocycles. The fourth-order valence-corrected chi connectivity index (χ4v) is 4.71. The van der Waals surface area contributed by atoms with Crippen LogP contribution in [0.4, 0.5) is 5.82 Å². The second-order valence-corrected chi connectivity index (χ2v) is 8.49. The number of allylic oxidation sites excluding steroid dienone is 4. The number of thiophene rings is 1. The van der Waals surface area contributed by atoms with Gasteiger partial charge in [0.2, 0.25) is 5.91 Å². The van der Waals surface area contributed by atoms with Crippen molar-refractivity contribution in [3.05, 3.63) is 76.5 Å². The first kappa shape index (κ1) is 18.8. The van der Waals surface area contributed by atoms with Gasteiger partial charge < -0.3 is 10.4 Å². The van der Waals surface area contributed by atoms with E-state index in [0.717, 1.165) is 53.2 Å². The Bertz CT molecular complexity index is 1160. The van der Waals surface area contributed by atoms with Crippen molar-refractivity contribution in [1.29, 1.82) is 0 Å². The minimum absolute atomic E-state index is 0.152. The minimum Gasteiger partial charge on any atom is -0.508 e. The second-order valence-electron chi connectivity index (χ2n) is 7.54. The van der Waals surface area contributed by atoms with Crippen LogP contribution in [-0.4, -0.2) is 21.0 Å². The number of aromatic hydroxyl groups is 1. The molecule has 0 radical (unpaired) electrons. The molecule has 0 spiro atoms. The molecule has 2 N–H and O–H groups in total. The third-order valence-corrected chi connectivity index (χ3v) is 6.35. The highest BCUT2D eigenvalue weighted by Gasteiger charge is 2.25. The maximum Gasteiger partial charge on any atom is 0.230 e. The Morgan fingerprint density at radius 1 is 1.07 bits per heavy atom. The summed E-state index contributed by atoms with van der Waals surface area (Å²) in [6, 6.07) is 10.6. The lowest BCUT2D eigenvalue weighted by Crippen LogP contribution is -2.19. The molecule has 5 rings (SSSR count). The van der Waals surface area contributed by atoms with Gasteiger partial charge in [-0.3, -0.25) is 4.79 Å². The van der Waals surface area contributed by atoms with Gasteiger partial charge in [0, 0.05) is 5.57 Å². The summed E-state index contributed by atoms with van der Waals surface area (Å²) in [4.78, 5) is 23.6. The van der Waals surface area contributed by atoms with E-state index in [4.69, 9.17) is 9.97 Å². The Labute approximate surface area is 178 Å². The number of phenolic OH excluding ortho intramolecular Hbond substituents is 1. The molecule has 1 aromatic carbocycles. The lowest BCUT2D eigenvalue weighted by molar-refractivity contribution is -0.115. The van der Waals surface area contributed by atoms with Crippen molar-refractivity contribution >= 4 is 28.6 Å². The summed E-state index contributed by atoms with van der Waals surface area (Å²) in [7, 11) is 0. The van der Waals surface area contributed by atoms with Crippen molar-refractivity contribution in [2.75, 3.05) is 5.32 Å². The van der Waals surface area contributed by atoms with E-state index in [1.54, 1.807) is 35.6 Å². The zero-order valence-electron chi connectivity index (χ0n) is 16.4. The lowest BCUT2D eigenvalue weighted by Gasteiger charge is -2.24. The fraction of sp³-hybridized carbons (Fsp3) is 0.208. The number of benzene rings is 1. The molecule has 0 aliphatic heterocycles. The molecule has 30 heavy (non-hydrogen) atoms.